The first-order chi connectivity index (χ1) is 12.0. The van der Waals surface area contributed by atoms with Crippen molar-refractivity contribution in [2.24, 2.45) is 12.0 Å². The Balaban J connectivity index is 0.00000364. The molecule has 0 saturated heterocycles. The molecule has 0 spiro atoms. The zero-order valence-corrected chi connectivity index (χ0v) is 18.1. The molecule has 0 aliphatic carbocycles. The highest BCUT2D eigenvalue weighted by molar-refractivity contribution is 14.0. The van der Waals surface area contributed by atoms with Gasteiger partial charge in [0.15, 0.2) is 11.7 Å². The Bertz CT molecular complexity index is 776. The predicted molar refractivity (Wildman–Crippen MR) is 106 cm³/mol. The normalized spacial score (nSPS) is 12.7. The number of aliphatic imine (C=N–C) groups is 1. The molecule has 2 heterocycles. The number of aromatic nitrogens is 3. The lowest BCUT2D eigenvalue weighted by Gasteiger charge is -2.13. The summed E-state index contributed by atoms with van der Waals surface area (Å²) >= 11 is 0. The largest absolute Gasteiger partial charge is 0.443 e. The van der Waals surface area contributed by atoms with Crippen LogP contribution < -0.4 is 10.6 Å². The van der Waals surface area contributed by atoms with Crippen LogP contribution in [0.15, 0.2) is 21.8 Å². The molecule has 0 aliphatic rings. The van der Waals surface area contributed by atoms with Crippen LogP contribution in [0.4, 0.5) is 13.2 Å². The third kappa shape index (κ3) is 6.40. The highest BCUT2D eigenvalue weighted by atomic mass is 127. The maximum Gasteiger partial charge on any atom is 0.435 e. The van der Waals surface area contributed by atoms with Gasteiger partial charge in [-0.05, 0) is 0 Å². The van der Waals surface area contributed by atoms with Crippen LogP contribution in [0.25, 0.3) is 0 Å². The Morgan fingerprint density at radius 3 is 2.37 bits per heavy atom. The maximum absolute atomic E-state index is 13.0. The molecule has 0 saturated carbocycles. The molecule has 0 amide bonds. The van der Waals surface area contributed by atoms with Gasteiger partial charge >= 0.3 is 6.18 Å². The number of halogens is 4. The second kappa shape index (κ2) is 8.93. The molecule has 0 bridgehead atoms. The number of hydrogen-bond acceptors (Lipinski definition) is 4. The van der Waals surface area contributed by atoms with Gasteiger partial charge in [0.2, 0.25) is 5.89 Å². The van der Waals surface area contributed by atoms with E-state index in [1.54, 1.807) is 6.20 Å². The van der Waals surface area contributed by atoms with Gasteiger partial charge in [-0.1, -0.05) is 20.8 Å². The second-order valence-corrected chi connectivity index (χ2v) is 6.82. The lowest BCUT2D eigenvalue weighted by Crippen LogP contribution is -2.36. The summed E-state index contributed by atoms with van der Waals surface area (Å²) in [7, 11) is 2.97. The molecule has 2 aromatic rings. The number of oxazole rings is 1. The number of rotatable bonds is 4. The Labute approximate surface area is 172 Å². The van der Waals surface area contributed by atoms with Crippen molar-refractivity contribution >= 4 is 29.9 Å². The average Bonchev–Trinajstić information content (AvgIpc) is 3.13. The van der Waals surface area contributed by atoms with E-state index in [2.05, 4.69) is 25.7 Å². The molecule has 0 aromatic carbocycles. The highest BCUT2D eigenvalue weighted by Crippen LogP contribution is 2.30. The molecule has 2 N–H and O–H groups in total. The number of guanidine groups is 1. The van der Waals surface area contributed by atoms with Gasteiger partial charge in [-0.25, -0.2) is 4.98 Å². The van der Waals surface area contributed by atoms with Crippen molar-refractivity contribution < 1.29 is 17.6 Å². The fourth-order valence-electron chi connectivity index (χ4n) is 2.20. The smallest absolute Gasteiger partial charge is 0.435 e. The summed E-state index contributed by atoms with van der Waals surface area (Å²) < 4.78 is 45.7. The zero-order chi connectivity index (χ0) is 19.5. The molecule has 2 aromatic heterocycles. The minimum absolute atomic E-state index is 0. The van der Waals surface area contributed by atoms with Gasteiger partial charge in [-0.15, -0.1) is 24.0 Å². The van der Waals surface area contributed by atoms with E-state index in [4.69, 9.17) is 4.42 Å². The number of aryl methyl sites for hydroxylation is 1. The number of nitrogens with one attached hydrogen (secondary N) is 2. The van der Waals surface area contributed by atoms with Crippen LogP contribution in [0.5, 0.6) is 0 Å². The number of nitrogens with zero attached hydrogens (tertiary/aromatic N) is 4. The van der Waals surface area contributed by atoms with Crippen LogP contribution in [-0.4, -0.2) is 27.8 Å². The van der Waals surface area contributed by atoms with E-state index in [1.165, 1.54) is 20.3 Å². The van der Waals surface area contributed by atoms with Gasteiger partial charge in [-0.2, -0.15) is 18.3 Å². The molecule has 0 aliphatic heterocycles. The van der Waals surface area contributed by atoms with E-state index in [1.807, 2.05) is 20.8 Å². The molecule has 2 rings (SSSR count). The third-order valence-electron chi connectivity index (χ3n) is 3.54. The maximum atomic E-state index is 13.0. The van der Waals surface area contributed by atoms with Crippen molar-refractivity contribution in [2.45, 2.75) is 45.5 Å². The SMILES string of the molecule is CN=C(NCc1ncc(C(C)(C)C)o1)NCc1cn(C)nc1C(F)(F)F.I. The fourth-order valence-corrected chi connectivity index (χ4v) is 2.20. The van der Waals surface area contributed by atoms with Crippen LogP contribution >= 0.6 is 24.0 Å². The molecule has 0 unspecified atom stereocenters. The van der Waals surface area contributed by atoms with Crippen molar-refractivity contribution in [3.63, 3.8) is 0 Å². The van der Waals surface area contributed by atoms with Gasteiger partial charge in [0.05, 0.1) is 12.7 Å². The summed E-state index contributed by atoms with van der Waals surface area (Å²) in [4.78, 5) is 8.17. The molecule has 0 atom stereocenters. The van der Waals surface area contributed by atoms with E-state index in [0.717, 1.165) is 10.4 Å². The summed E-state index contributed by atoms with van der Waals surface area (Å²) in [6.07, 6.45) is -1.51. The Kier molecular flexibility index (Phi) is 7.69. The van der Waals surface area contributed by atoms with Gasteiger partial charge in [0.25, 0.3) is 0 Å². The molecular weight excluding hydrogens is 476 g/mol. The molecule has 7 nitrogen and oxygen atoms in total. The van der Waals surface area contributed by atoms with Gasteiger partial charge in [0, 0.05) is 37.8 Å². The monoisotopic (exact) mass is 500 g/mol. The van der Waals surface area contributed by atoms with E-state index < -0.39 is 11.9 Å². The first-order valence-electron chi connectivity index (χ1n) is 8.00. The Hall–Kier alpha value is -1.79. The van der Waals surface area contributed by atoms with E-state index in [9.17, 15) is 13.2 Å². The lowest BCUT2D eigenvalue weighted by atomic mass is 9.94. The predicted octanol–water partition coefficient (Wildman–Crippen LogP) is 3.21. The second-order valence-electron chi connectivity index (χ2n) is 6.82. The lowest BCUT2D eigenvalue weighted by molar-refractivity contribution is -0.142. The van der Waals surface area contributed by atoms with Crippen LogP contribution in [0.3, 0.4) is 0 Å². The van der Waals surface area contributed by atoms with E-state index in [0.29, 0.717) is 11.9 Å². The van der Waals surface area contributed by atoms with E-state index in [-0.39, 0.29) is 48.0 Å². The van der Waals surface area contributed by atoms with Crippen LogP contribution in [0, 0.1) is 0 Å². The minimum atomic E-state index is -4.50. The topological polar surface area (TPSA) is 80.3 Å². The van der Waals surface area contributed by atoms with Crippen LogP contribution in [0.2, 0.25) is 0 Å². The molecule has 0 radical (unpaired) electrons. The molecule has 27 heavy (non-hydrogen) atoms. The standard InChI is InChI=1S/C16H23F3N6O.HI/c1-15(2,3)11-7-21-12(26-11)8-23-14(20-4)22-6-10-9-25(5)24-13(10)16(17,18)19;/h7,9H,6,8H2,1-5H3,(H2,20,22,23);1H. The summed E-state index contributed by atoms with van der Waals surface area (Å²) in [6.45, 7) is 6.22. The van der Waals surface area contributed by atoms with Crippen LogP contribution in [-0.2, 0) is 31.7 Å². The van der Waals surface area contributed by atoms with Crippen molar-refractivity contribution in [1.29, 1.82) is 0 Å². The molecular formula is C16H24F3IN6O. The summed E-state index contributed by atoms with van der Waals surface area (Å²) in [5, 5.41) is 9.27. The molecule has 0 fully saturated rings. The van der Waals surface area contributed by atoms with Gasteiger partial charge in [-0.3, -0.25) is 9.67 Å². The van der Waals surface area contributed by atoms with Crippen molar-refractivity contribution in [3.05, 3.63) is 35.3 Å². The van der Waals surface area contributed by atoms with Crippen LogP contribution in [0.1, 0.15) is 43.7 Å². The fraction of sp³-hybridized carbons (Fsp3) is 0.562. The van der Waals surface area contributed by atoms with Gasteiger partial charge in [0.1, 0.15) is 5.76 Å². The minimum Gasteiger partial charge on any atom is -0.443 e. The Morgan fingerprint density at radius 1 is 1.22 bits per heavy atom. The Morgan fingerprint density at radius 2 is 1.85 bits per heavy atom. The van der Waals surface area contributed by atoms with Gasteiger partial charge < -0.3 is 15.1 Å². The number of alkyl halides is 3. The summed E-state index contributed by atoms with van der Waals surface area (Å²) in [5.41, 5.74) is -1.03. The first kappa shape index (κ1) is 23.2. The summed E-state index contributed by atoms with van der Waals surface area (Å²) in [5.74, 6) is 1.55. The third-order valence-corrected chi connectivity index (χ3v) is 3.54. The van der Waals surface area contributed by atoms with Crippen molar-refractivity contribution in [3.8, 4) is 0 Å². The first-order valence-corrected chi connectivity index (χ1v) is 8.00. The average molecular weight is 500 g/mol. The van der Waals surface area contributed by atoms with E-state index >= 15 is 0 Å². The van der Waals surface area contributed by atoms with Crippen molar-refractivity contribution in [2.75, 3.05) is 7.05 Å². The van der Waals surface area contributed by atoms with Crippen molar-refractivity contribution in [1.82, 2.24) is 25.4 Å². The zero-order valence-electron chi connectivity index (χ0n) is 15.8. The highest BCUT2D eigenvalue weighted by Gasteiger charge is 2.36. The quantitative estimate of drug-likeness (QED) is 0.383. The molecule has 152 valence electrons. The molecule has 11 heteroatoms. The number of hydrogen-bond donors (Lipinski definition) is 2. The summed E-state index contributed by atoms with van der Waals surface area (Å²) in [6, 6.07) is 0.